The van der Waals surface area contributed by atoms with Gasteiger partial charge in [-0.1, -0.05) is 0 Å². The van der Waals surface area contributed by atoms with Crippen LogP contribution in [0.4, 0.5) is 0 Å². The highest BCUT2D eigenvalue weighted by Crippen LogP contribution is 1.86. The van der Waals surface area contributed by atoms with E-state index >= 15 is 0 Å². The molecule has 0 aliphatic carbocycles. The molecule has 0 aliphatic rings. The Kier molecular flexibility index (Phi) is 3.74. The Morgan fingerprint density at radius 3 is 2.36 bits per heavy atom. The normalized spacial score (nSPS) is 11.1. The Hall–Kier alpha value is -0.360. The highest BCUT2D eigenvalue weighted by Gasteiger charge is 2.05. The summed E-state index contributed by atoms with van der Waals surface area (Å²) in [7, 11) is -1.25. The van der Waals surface area contributed by atoms with Crippen LogP contribution in [0, 0.1) is 0 Å². The van der Waals surface area contributed by atoms with E-state index in [-0.39, 0.29) is 10.9 Å². The van der Waals surface area contributed by atoms with Crippen LogP contribution in [0.5, 0.6) is 0 Å². The Morgan fingerprint density at radius 2 is 2.09 bits per heavy atom. The summed E-state index contributed by atoms with van der Waals surface area (Å²) in [6.45, 7) is 0.355. The van der Waals surface area contributed by atoms with Crippen LogP contribution in [-0.2, 0) is 9.84 Å². The molecule has 0 fully saturated rings. The van der Waals surface area contributed by atoms with Gasteiger partial charge in [-0.3, -0.25) is 0 Å². The van der Waals surface area contributed by atoms with Gasteiger partial charge in [-0.2, -0.15) is 0 Å². The quantitative estimate of drug-likeness (QED) is 0.599. The Labute approximate surface area is 72.3 Å². The molecule has 0 radical (unpaired) electrons. The van der Waals surface area contributed by atoms with Crippen LogP contribution in [0.1, 0.15) is 0 Å². The van der Waals surface area contributed by atoms with Crippen molar-refractivity contribution in [3.63, 3.8) is 0 Å². The van der Waals surface area contributed by atoms with Crippen molar-refractivity contribution in [2.75, 3.05) is 25.6 Å². The second-order valence-electron chi connectivity index (χ2n) is 2.39. The van der Waals surface area contributed by atoms with Crippen LogP contribution in [-0.4, -0.2) is 44.0 Å². The van der Waals surface area contributed by atoms with Crippen LogP contribution in [0.15, 0.2) is 0 Å². The second-order valence-corrected chi connectivity index (χ2v) is 5.07. The lowest BCUT2D eigenvalue weighted by molar-refractivity contribution is 0.530. The summed E-state index contributed by atoms with van der Waals surface area (Å²) in [4.78, 5) is 1.52. The molecule has 0 aromatic rings. The van der Waals surface area contributed by atoms with Gasteiger partial charge in [-0.05, 0) is 12.2 Å². The molecule has 0 amide bonds. The van der Waals surface area contributed by atoms with Crippen LogP contribution < -0.4 is 5.73 Å². The third-order valence-corrected chi connectivity index (χ3v) is 2.41. The first-order chi connectivity index (χ1) is 4.83. The predicted octanol–water partition coefficient (Wildman–Crippen LogP) is -0.794. The lowest BCUT2D eigenvalue weighted by Crippen LogP contribution is -2.35. The molecular weight excluding hydrogens is 184 g/mol. The van der Waals surface area contributed by atoms with E-state index in [0.717, 1.165) is 0 Å². The summed E-state index contributed by atoms with van der Waals surface area (Å²) in [6.07, 6.45) is 1.18. The van der Waals surface area contributed by atoms with Crippen molar-refractivity contribution in [3.8, 4) is 0 Å². The molecule has 6 heteroatoms. The summed E-state index contributed by atoms with van der Waals surface area (Å²) in [5.74, 6) is 0.0842. The number of thiocarbonyl (C=S) groups is 1. The molecule has 11 heavy (non-hydrogen) atoms. The topological polar surface area (TPSA) is 63.4 Å². The van der Waals surface area contributed by atoms with Crippen molar-refractivity contribution in [1.29, 1.82) is 0 Å². The van der Waals surface area contributed by atoms with E-state index in [1.165, 1.54) is 11.2 Å². The molecular formula is C5H12N2O2S2. The SMILES string of the molecule is CN(CCS(C)(=O)=O)C(N)=S. The first kappa shape index (κ1) is 10.6. The van der Waals surface area contributed by atoms with Crippen LogP contribution in [0.25, 0.3) is 0 Å². The zero-order valence-corrected chi connectivity index (χ0v) is 8.20. The number of hydrogen-bond acceptors (Lipinski definition) is 3. The van der Waals surface area contributed by atoms with E-state index in [1.807, 2.05) is 0 Å². The third-order valence-electron chi connectivity index (χ3n) is 1.17. The van der Waals surface area contributed by atoms with Crippen molar-refractivity contribution in [2.24, 2.45) is 5.73 Å². The maximum absolute atomic E-state index is 10.6. The van der Waals surface area contributed by atoms with Gasteiger partial charge in [0.1, 0.15) is 9.84 Å². The molecule has 0 saturated heterocycles. The average Bonchev–Trinajstić information content (AvgIpc) is 1.80. The summed E-state index contributed by atoms with van der Waals surface area (Å²) >= 11 is 4.62. The molecule has 0 spiro atoms. The fraction of sp³-hybridized carbons (Fsp3) is 0.800. The molecule has 0 aliphatic heterocycles. The van der Waals surface area contributed by atoms with Gasteiger partial charge in [0, 0.05) is 19.8 Å². The molecule has 0 heterocycles. The summed E-state index contributed by atoms with van der Waals surface area (Å²) < 4.78 is 21.3. The van der Waals surface area contributed by atoms with E-state index in [1.54, 1.807) is 7.05 Å². The molecule has 0 saturated carbocycles. The first-order valence-corrected chi connectivity index (χ1v) is 5.48. The van der Waals surface area contributed by atoms with Gasteiger partial charge in [-0.15, -0.1) is 0 Å². The summed E-state index contributed by atoms with van der Waals surface area (Å²) in [5.41, 5.74) is 5.23. The minimum atomic E-state index is -2.91. The van der Waals surface area contributed by atoms with E-state index < -0.39 is 9.84 Å². The van der Waals surface area contributed by atoms with Gasteiger partial charge < -0.3 is 10.6 Å². The van der Waals surface area contributed by atoms with E-state index in [4.69, 9.17) is 5.73 Å². The number of rotatable bonds is 3. The maximum atomic E-state index is 10.6. The average molecular weight is 196 g/mol. The molecule has 0 aromatic heterocycles. The fourth-order valence-corrected chi connectivity index (χ4v) is 1.11. The second kappa shape index (κ2) is 3.87. The maximum Gasteiger partial charge on any atom is 0.166 e. The van der Waals surface area contributed by atoms with E-state index in [0.29, 0.717) is 6.54 Å². The first-order valence-electron chi connectivity index (χ1n) is 3.01. The zero-order chi connectivity index (χ0) is 9.07. The third kappa shape index (κ3) is 6.05. The number of sulfone groups is 1. The van der Waals surface area contributed by atoms with Gasteiger partial charge in [-0.25, -0.2) is 8.42 Å². The Morgan fingerprint density at radius 1 is 1.64 bits per heavy atom. The van der Waals surface area contributed by atoms with Crippen LogP contribution in [0.3, 0.4) is 0 Å². The van der Waals surface area contributed by atoms with Crippen molar-refractivity contribution in [2.45, 2.75) is 0 Å². The van der Waals surface area contributed by atoms with Crippen molar-refractivity contribution in [3.05, 3.63) is 0 Å². The summed E-state index contributed by atoms with van der Waals surface area (Å²) in [6, 6.07) is 0. The lowest BCUT2D eigenvalue weighted by atomic mass is 10.6. The van der Waals surface area contributed by atoms with Gasteiger partial charge in [0.15, 0.2) is 5.11 Å². The molecule has 0 unspecified atom stereocenters. The molecule has 66 valence electrons. The molecule has 2 N–H and O–H groups in total. The van der Waals surface area contributed by atoms with Gasteiger partial charge in [0.25, 0.3) is 0 Å². The predicted molar refractivity (Wildman–Crippen MR) is 49.1 cm³/mol. The number of hydrogen-bond donors (Lipinski definition) is 1. The molecule has 0 rings (SSSR count). The lowest BCUT2D eigenvalue weighted by Gasteiger charge is -2.15. The Balaban J connectivity index is 3.82. The highest BCUT2D eigenvalue weighted by molar-refractivity contribution is 7.90. The monoisotopic (exact) mass is 196 g/mol. The van der Waals surface area contributed by atoms with Gasteiger partial charge >= 0.3 is 0 Å². The summed E-state index contributed by atoms with van der Waals surface area (Å²) in [5, 5.41) is 0.216. The standard InChI is InChI=1S/C5H12N2O2S2/c1-7(5(6)10)3-4-11(2,8)9/h3-4H2,1-2H3,(H2,6,10). The van der Waals surface area contributed by atoms with E-state index in [9.17, 15) is 8.42 Å². The van der Waals surface area contributed by atoms with Gasteiger partial charge in [0.05, 0.1) is 5.75 Å². The van der Waals surface area contributed by atoms with E-state index in [2.05, 4.69) is 12.2 Å². The zero-order valence-electron chi connectivity index (χ0n) is 6.57. The minimum Gasteiger partial charge on any atom is -0.376 e. The molecule has 0 atom stereocenters. The van der Waals surface area contributed by atoms with Crippen LogP contribution in [0.2, 0.25) is 0 Å². The highest BCUT2D eigenvalue weighted by atomic mass is 32.2. The number of nitrogens with two attached hydrogens (primary N) is 1. The minimum absolute atomic E-state index is 0.0842. The molecule has 0 bridgehead atoms. The van der Waals surface area contributed by atoms with Crippen molar-refractivity contribution in [1.82, 2.24) is 4.90 Å². The number of nitrogens with zero attached hydrogens (tertiary/aromatic N) is 1. The van der Waals surface area contributed by atoms with Crippen molar-refractivity contribution >= 4 is 27.2 Å². The Bertz CT molecular complexity index is 235. The van der Waals surface area contributed by atoms with Crippen molar-refractivity contribution < 1.29 is 8.42 Å². The van der Waals surface area contributed by atoms with Crippen LogP contribution >= 0.6 is 12.2 Å². The molecule has 0 aromatic carbocycles. The molecule has 4 nitrogen and oxygen atoms in total. The largest absolute Gasteiger partial charge is 0.376 e. The fourth-order valence-electron chi connectivity index (χ4n) is 0.413. The smallest absolute Gasteiger partial charge is 0.166 e. The van der Waals surface area contributed by atoms with Gasteiger partial charge in [0.2, 0.25) is 0 Å².